The molecule has 1 nitrogen and oxygen atoms in total. The van der Waals surface area contributed by atoms with Crippen molar-refractivity contribution < 1.29 is 0 Å². The van der Waals surface area contributed by atoms with E-state index in [9.17, 15) is 0 Å². The van der Waals surface area contributed by atoms with Gasteiger partial charge in [0.2, 0.25) is 0 Å². The Morgan fingerprint density at radius 3 is 2.88 bits per heavy atom. The second-order valence-electron chi connectivity index (χ2n) is 4.97. The third-order valence-corrected chi connectivity index (χ3v) is 4.71. The number of thiophene rings is 1. The van der Waals surface area contributed by atoms with Crippen LogP contribution in [0.15, 0.2) is 17.5 Å². The van der Waals surface area contributed by atoms with Crippen LogP contribution >= 0.6 is 11.3 Å². The average Bonchev–Trinajstić information content (AvgIpc) is 2.83. The maximum absolute atomic E-state index is 3.70. The first-order valence-electron chi connectivity index (χ1n) is 6.62. The third-order valence-electron chi connectivity index (χ3n) is 3.77. The summed E-state index contributed by atoms with van der Waals surface area (Å²) < 4.78 is 0. The minimum absolute atomic E-state index is 0.709. The third kappa shape index (κ3) is 3.60. The summed E-state index contributed by atoms with van der Waals surface area (Å²) >= 11 is 1.87. The van der Waals surface area contributed by atoms with E-state index >= 15 is 0 Å². The lowest BCUT2D eigenvalue weighted by Crippen LogP contribution is -2.35. The highest BCUT2D eigenvalue weighted by Crippen LogP contribution is 2.26. The van der Waals surface area contributed by atoms with Crippen LogP contribution in [-0.2, 0) is 6.42 Å². The van der Waals surface area contributed by atoms with Crippen LogP contribution < -0.4 is 5.32 Å². The molecule has 0 radical (unpaired) electrons. The molecule has 0 bridgehead atoms. The van der Waals surface area contributed by atoms with Crippen molar-refractivity contribution in [2.24, 2.45) is 5.92 Å². The Kier molecular flexibility index (Phi) is 4.86. The van der Waals surface area contributed by atoms with Crippen LogP contribution in [0.2, 0.25) is 0 Å². The van der Waals surface area contributed by atoms with Crippen molar-refractivity contribution in [2.45, 2.75) is 51.5 Å². The van der Waals surface area contributed by atoms with Crippen LogP contribution in [0.1, 0.15) is 43.9 Å². The lowest BCUT2D eigenvalue weighted by molar-refractivity contribution is 0.283. The lowest BCUT2D eigenvalue weighted by atomic mass is 9.84. The Morgan fingerprint density at radius 1 is 1.38 bits per heavy atom. The smallest absolute Gasteiger partial charge is 0.00671 e. The molecule has 0 amide bonds. The van der Waals surface area contributed by atoms with Gasteiger partial charge >= 0.3 is 0 Å². The average molecular weight is 237 g/mol. The fourth-order valence-corrected chi connectivity index (χ4v) is 3.39. The Balaban J connectivity index is 1.65. The van der Waals surface area contributed by atoms with Gasteiger partial charge in [-0.2, -0.15) is 0 Å². The summed E-state index contributed by atoms with van der Waals surface area (Å²) in [7, 11) is 0. The summed E-state index contributed by atoms with van der Waals surface area (Å²) in [5.41, 5.74) is 0. The standard InChI is InChI=1S/C14H23NS/c1-12(13-6-3-2-4-7-13)15-10-9-14-8-5-11-16-14/h5,8,11-13,15H,2-4,6-7,9-10H2,1H3/t12-/m0/s1. The van der Waals surface area contributed by atoms with E-state index in [1.54, 1.807) is 0 Å². The molecule has 0 spiro atoms. The van der Waals surface area contributed by atoms with Gasteiger partial charge in [0.15, 0.2) is 0 Å². The van der Waals surface area contributed by atoms with Crippen LogP contribution in [0.5, 0.6) is 0 Å². The maximum atomic E-state index is 3.70. The summed E-state index contributed by atoms with van der Waals surface area (Å²) in [5.74, 6) is 0.928. The molecule has 1 atom stereocenters. The van der Waals surface area contributed by atoms with E-state index in [0.717, 1.165) is 12.5 Å². The predicted molar refractivity (Wildman–Crippen MR) is 72.1 cm³/mol. The van der Waals surface area contributed by atoms with Gasteiger partial charge in [-0.3, -0.25) is 0 Å². The van der Waals surface area contributed by atoms with Crippen LogP contribution in [0.25, 0.3) is 0 Å². The minimum atomic E-state index is 0.709. The zero-order valence-corrected chi connectivity index (χ0v) is 11.1. The second-order valence-corrected chi connectivity index (χ2v) is 6.00. The molecule has 1 N–H and O–H groups in total. The van der Waals surface area contributed by atoms with Gasteiger partial charge < -0.3 is 5.32 Å². The van der Waals surface area contributed by atoms with Crippen LogP contribution in [0.4, 0.5) is 0 Å². The summed E-state index contributed by atoms with van der Waals surface area (Å²) in [6.45, 7) is 3.50. The molecule has 0 aromatic carbocycles. The van der Waals surface area contributed by atoms with E-state index in [1.165, 1.54) is 43.4 Å². The molecule has 1 heterocycles. The number of hydrogen-bond donors (Lipinski definition) is 1. The Labute approximate surface area is 103 Å². The van der Waals surface area contributed by atoms with Gasteiger partial charge in [0.05, 0.1) is 0 Å². The van der Waals surface area contributed by atoms with E-state index in [2.05, 4.69) is 29.8 Å². The molecular formula is C14H23NS. The van der Waals surface area contributed by atoms with Crippen LogP contribution in [0.3, 0.4) is 0 Å². The summed E-state index contributed by atoms with van der Waals surface area (Å²) in [6, 6.07) is 5.09. The van der Waals surface area contributed by atoms with Gasteiger partial charge in [-0.15, -0.1) is 11.3 Å². The van der Waals surface area contributed by atoms with E-state index in [4.69, 9.17) is 0 Å². The molecule has 2 heteroatoms. The molecule has 1 saturated carbocycles. The number of rotatable bonds is 5. The normalized spacial score (nSPS) is 19.8. The highest BCUT2D eigenvalue weighted by Gasteiger charge is 2.19. The molecular weight excluding hydrogens is 214 g/mol. The topological polar surface area (TPSA) is 12.0 Å². The Bertz CT molecular complexity index is 275. The summed E-state index contributed by atoms with van der Waals surface area (Å²) in [5, 5.41) is 5.86. The Morgan fingerprint density at radius 2 is 2.19 bits per heavy atom. The first kappa shape index (κ1) is 12.1. The molecule has 1 aliphatic rings. The molecule has 1 fully saturated rings. The zero-order chi connectivity index (χ0) is 11.2. The van der Waals surface area contributed by atoms with Gasteiger partial charge in [0, 0.05) is 17.5 Å². The molecule has 1 aromatic rings. The van der Waals surface area contributed by atoms with Crippen molar-refractivity contribution in [2.75, 3.05) is 6.54 Å². The highest BCUT2D eigenvalue weighted by molar-refractivity contribution is 7.09. The van der Waals surface area contributed by atoms with Gasteiger partial charge in [-0.25, -0.2) is 0 Å². The van der Waals surface area contributed by atoms with Gasteiger partial charge in [-0.1, -0.05) is 25.3 Å². The van der Waals surface area contributed by atoms with Crippen molar-refractivity contribution in [1.82, 2.24) is 5.32 Å². The van der Waals surface area contributed by atoms with Crippen molar-refractivity contribution in [3.63, 3.8) is 0 Å². The summed E-state index contributed by atoms with van der Waals surface area (Å²) in [6.07, 6.45) is 8.41. The number of nitrogens with one attached hydrogen (secondary N) is 1. The van der Waals surface area contributed by atoms with E-state index in [-0.39, 0.29) is 0 Å². The first-order chi connectivity index (χ1) is 7.86. The van der Waals surface area contributed by atoms with Crippen molar-refractivity contribution in [3.05, 3.63) is 22.4 Å². The van der Waals surface area contributed by atoms with E-state index in [1.807, 2.05) is 11.3 Å². The summed E-state index contributed by atoms with van der Waals surface area (Å²) in [4.78, 5) is 1.50. The van der Waals surface area contributed by atoms with Crippen molar-refractivity contribution in [1.29, 1.82) is 0 Å². The minimum Gasteiger partial charge on any atom is -0.314 e. The molecule has 0 saturated heterocycles. The van der Waals surface area contributed by atoms with Gasteiger partial charge in [-0.05, 0) is 43.6 Å². The zero-order valence-electron chi connectivity index (χ0n) is 10.2. The molecule has 16 heavy (non-hydrogen) atoms. The fraction of sp³-hybridized carbons (Fsp3) is 0.714. The monoisotopic (exact) mass is 237 g/mol. The molecule has 1 aromatic heterocycles. The van der Waals surface area contributed by atoms with Crippen LogP contribution in [-0.4, -0.2) is 12.6 Å². The SMILES string of the molecule is C[C@H](NCCc1cccs1)C1CCCCC1. The predicted octanol–water partition coefficient (Wildman–Crippen LogP) is 3.85. The largest absolute Gasteiger partial charge is 0.314 e. The molecule has 2 rings (SSSR count). The quantitative estimate of drug-likeness (QED) is 0.820. The second kappa shape index (κ2) is 6.41. The van der Waals surface area contributed by atoms with Gasteiger partial charge in [0.25, 0.3) is 0 Å². The maximum Gasteiger partial charge on any atom is 0.00671 e. The Hall–Kier alpha value is -0.340. The van der Waals surface area contributed by atoms with E-state index < -0.39 is 0 Å². The number of hydrogen-bond acceptors (Lipinski definition) is 2. The molecule has 90 valence electrons. The molecule has 1 aliphatic carbocycles. The van der Waals surface area contributed by atoms with Crippen molar-refractivity contribution >= 4 is 11.3 Å². The first-order valence-corrected chi connectivity index (χ1v) is 7.50. The highest BCUT2D eigenvalue weighted by atomic mass is 32.1. The fourth-order valence-electron chi connectivity index (χ4n) is 2.68. The van der Waals surface area contributed by atoms with Crippen molar-refractivity contribution in [3.8, 4) is 0 Å². The van der Waals surface area contributed by atoms with Gasteiger partial charge in [0.1, 0.15) is 0 Å². The molecule has 0 aliphatic heterocycles. The van der Waals surface area contributed by atoms with E-state index in [0.29, 0.717) is 6.04 Å². The lowest BCUT2D eigenvalue weighted by Gasteiger charge is -2.28. The molecule has 0 unspecified atom stereocenters. The van der Waals surface area contributed by atoms with Crippen LogP contribution in [0, 0.1) is 5.92 Å².